The zero-order valence-electron chi connectivity index (χ0n) is 22.4. The maximum absolute atomic E-state index is 5.66. The summed E-state index contributed by atoms with van der Waals surface area (Å²) in [6.45, 7) is 0. The summed E-state index contributed by atoms with van der Waals surface area (Å²) in [4.78, 5) is 5.07. The fourth-order valence-corrected chi connectivity index (χ4v) is 5.82. The molecule has 1 unspecified atom stereocenters. The van der Waals surface area contributed by atoms with Crippen LogP contribution >= 0.6 is 11.8 Å². The van der Waals surface area contributed by atoms with Crippen molar-refractivity contribution in [3.05, 3.63) is 52.2 Å². The number of rotatable bonds is 8. The second-order valence-corrected chi connectivity index (χ2v) is 9.61. The van der Waals surface area contributed by atoms with Crippen molar-refractivity contribution < 1.29 is 28.4 Å². The third-order valence-electron chi connectivity index (χ3n) is 6.84. The number of ether oxygens (including phenoxy) is 6. The maximum atomic E-state index is 5.66. The molecule has 0 amide bonds. The van der Waals surface area contributed by atoms with E-state index in [9.17, 15) is 0 Å². The molecule has 0 radical (unpaired) electrons. The smallest absolute Gasteiger partial charge is 0.203 e. The Hall–Kier alpha value is -3.79. The standard InChI is InChI=1S/C28H31N3O6S/c1-32-20-11-16(12-21(33-2)26(20)36-5)10-17-8-7-9-19-24(17)30-28-31(29-15-38-28)25(19)18-13-22(34-3)27(37-6)23(14-18)35-4/h10-15,25H,7-9H2,1-6H3/b17-10+. The Kier molecular flexibility index (Phi) is 7.42. The third kappa shape index (κ3) is 4.42. The molecule has 10 heteroatoms. The number of hydrogen-bond donors (Lipinski definition) is 0. The normalized spacial score (nSPS) is 19.1. The van der Waals surface area contributed by atoms with Crippen LogP contribution in [0.5, 0.6) is 34.5 Å². The highest BCUT2D eigenvalue weighted by molar-refractivity contribution is 8.25. The van der Waals surface area contributed by atoms with Gasteiger partial charge in [-0.1, -0.05) is 0 Å². The minimum Gasteiger partial charge on any atom is -0.493 e. The molecule has 0 bridgehead atoms. The fourth-order valence-electron chi connectivity index (χ4n) is 5.17. The van der Waals surface area contributed by atoms with Gasteiger partial charge in [0.2, 0.25) is 11.5 Å². The molecule has 9 nitrogen and oxygen atoms in total. The van der Waals surface area contributed by atoms with E-state index in [-0.39, 0.29) is 6.04 Å². The van der Waals surface area contributed by atoms with Gasteiger partial charge < -0.3 is 28.4 Å². The van der Waals surface area contributed by atoms with Crippen molar-refractivity contribution in [3.63, 3.8) is 0 Å². The summed E-state index contributed by atoms with van der Waals surface area (Å²) in [6.07, 6.45) is 4.95. The van der Waals surface area contributed by atoms with Crippen LogP contribution in [0.3, 0.4) is 0 Å². The highest BCUT2D eigenvalue weighted by atomic mass is 32.2. The van der Waals surface area contributed by atoms with Crippen LogP contribution in [0, 0.1) is 0 Å². The molecule has 200 valence electrons. The minimum atomic E-state index is -0.152. The minimum absolute atomic E-state index is 0.152. The van der Waals surface area contributed by atoms with Gasteiger partial charge in [-0.25, -0.2) is 10.0 Å². The van der Waals surface area contributed by atoms with Crippen molar-refractivity contribution in [2.75, 3.05) is 42.7 Å². The first-order valence-corrected chi connectivity index (χ1v) is 13.1. The number of fused-ring (bicyclic) bond motifs is 1. The molecule has 0 aromatic heterocycles. The highest BCUT2D eigenvalue weighted by Gasteiger charge is 2.38. The Bertz CT molecular complexity index is 1320. The number of benzene rings is 2. The third-order valence-corrected chi connectivity index (χ3v) is 7.53. The van der Waals surface area contributed by atoms with E-state index in [1.807, 2.05) is 34.8 Å². The summed E-state index contributed by atoms with van der Waals surface area (Å²) >= 11 is 1.51. The Labute approximate surface area is 226 Å². The van der Waals surface area contributed by atoms with E-state index >= 15 is 0 Å². The molecule has 0 spiro atoms. The van der Waals surface area contributed by atoms with Gasteiger partial charge in [0.05, 0.1) is 53.9 Å². The van der Waals surface area contributed by atoms with E-state index in [1.54, 1.807) is 42.7 Å². The van der Waals surface area contributed by atoms with Crippen molar-refractivity contribution in [1.29, 1.82) is 0 Å². The Morgan fingerprint density at radius 1 is 0.789 bits per heavy atom. The Morgan fingerprint density at radius 3 is 1.92 bits per heavy atom. The van der Waals surface area contributed by atoms with Crippen LogP contribution in [0.2, 0.25) is 0 Å². The average Bonchev–Trinajstić information content (AvgIpc) is 3.43. The average molecular weight is 538 g/mol. The van der Waals surface area contributed by atoms with Gasteiger partial charge in [-0.3, -0.25) is 0 Å². The molecule has 0 saturated heterocycles. The number of amidine groups is 1. The molecule has 3 aliphatic rings. The molecule has 0 saturated carbocycles. The summed E-state index contributed by atoms with van der Waals surface area (Å²) in [7, 11) is 9.71. The SMILES string of the molecule is COc1cc(/C=C2\CCCC3=C2N=C2SC=NN2C3c2cc(OC)c(OC)c(OC)c2)cc(OC)c1OC. The van der Waals surface area contributed by atoms with E-state index in [2.05, 4.69) is 11.2 Å². The van der Waals surface area contributed by atoms with Gasteiger partial charge in [0.1, 0.15) is 6.04 Å². The largest absolute Gasteiger partial charge is 0.493 e. The highest BCUT2D eigenvalue weighted by Crippen LogP contribution is 2.50. The molecular weight excluding hydrogens is 506 g/mol. The predicted octanol–water partition coefficient (Wildman–Crippen LogP) is 5.66. The van der Waals surface area contributed by atoms with E-state index in [0.29, 0.717) is 34.5 Å². The van der Waals surface area contributed by atoms with E-state index in [1.165, 1.54) is 17.3 Å². The number of allylic oxidation sites excluding steroid dienone is 1. The zero-order chi connectivity index (χ0) is 26.8. The van der Waals surface area contributed by atoms with Crippen molar-refractivity contribution in [2.24, 2.45) is 10.1 Å². The predicted molar refractivity (Wildman–Crippen MR) is 149 cm³/mol. The number of methoxy groups -OCH3 is 6. The summed E-state index contributed by atoms with van der Waals surface area (Å²) in [5, 5.41) is 7.47. The molecular formula is C28H31N3O6S. The molecule has 1 atom stereocenters. The zero-order valence-corrected chi connectivity index (χ0v) is 23.2. The molecule has 2 heterocycles. The molecule has 2 aliphatic heterocycles. The van der Waals surface area contributed by atoms with Gasteiger partial charge in [-0.15, -0.1) is 0 Å². The number of thioether (sulfide) groups is 1. The van der Waals surface area contributed by atoms with Gasteiger partial charge in [0.25, 0.3) is 0 Å². The van der Waals surface area contributed by atoms with Crippen LogP contribution in [-0.4, -0.2) is 58.4 Å². The first-order valence-electron chi connectivity index (χ1n) is 12.2. The first-order chi connectivity index (χ1) is 18.6. The Morgan fingerprint density at radius 2 is 1.37 bits per heavy atom. The van der Waals surface area contributed by atoms with Crippen LogP contribution in [-0.2, 0) is 0 Å². The van der Waals surface area contributed by atoms with Crippen LogP contribution in [0.4, 0.5) is 0 Å². The second kappa shape index (κ2) is 10.9. The lowest BCUT2D eigenvalue weighted by Crippen LogP contribution is -2.32. The lowest BCUT2D eigenvalue weighted by atomic mass is 9.83. The number of nitrogens with zero attached hydrogens (tertiary/aromatic N) is 3. The van der Waals surface area contributed by atoms with Crippen molar-refractivity contribution in [2.45, 2.75) is 25.3 Å². The van der Waals surface area contributed by atoms with Crippen LogP contribution in [0.1, 0.15) is 36.4 Å². The van der Waals surface area contributed by atoms with Gasteiger partial charge >= 0.3 is 0 Å². The number of hydrazone groups is 1. The van der Waals surface area contributed by atoms with Gasteiger partial charge in [-0.05, 0) is 83.6 Å². The van der Waals surface area contributed by atoms with E-state index in [4.69, 9.17) is 33.4 Å². The lowest BCUT2D eigenvalue weighted by Gasteiger charge is -2.36. The van der Waals surface area contributed by atoms with Crippen LogP contribution < -0.4 is 28.4 Å². The molecule has 38 heavy (non-hydrogen) atoms. The monoisotopic (exact) mass is 537 g/mol. The van der Waals surface area contributed by atoms with Crippen molar-refractivity contribution in [1.82, 2.24) is 5.01 Å². The van der Waals surface area contributed by atoms with Crippen molar-refractivity contribution in [3.8, 4) is 34.5 Å². The quantitative estimate of drug-likeness (QED) is 0.427. The Balaban J connectivity index is 1.65. The van der Waals surface area contributed by atoms with Gasteiger partial charge in [0, 0.05) is 0 Å². The number of aliphatic imine (C=N–C) groups is 1. The van der Waals surface area contributed by atoms with Crippen LogP contribution in [0.25, 0.3) is 6.08 Å². The summed E-state index contributed by atoms with van der Waals surface area (Å²) in [6, 6.07) is 7.75. The van der Waals surface area contributed by atoms with E-state index < -0.39 is 0 Å². The molecule has 5 rings (SSSR count). The molecule has 2 aromatic rings. The summed E-state index contributed by atoms with van der Waals surface area (Å²) < 4.78 is 33.5. The topological polar surface area (TPSA) is 83.3 Å². The van der Waals surface area contributed by atoms with Crippen molar-refractivity contribution >= 4 is 28.6 Å². The molecule has 1 aliphatic carbocycles. The van der Waals surface area contributed by atoms with E-state index in [0.717, 1.165) is 46.8 Å². The molecule has 0 N–H and O–H groups in total. The number of hydrogen-bond acceptors (Lipinski definition) is 10. The molecule has 0 fully saturated rings. The first kappa shape index (κ1) is 25.8. The van der Waals surface area contributed by atoms with Gasteiger partial charge in [-0.2, -0.15) is 5.10 Å². The maximum Gasteiger partial charge on any atom is 0.203 e. The summed E-state index contributed by atoms with van der Waals surface area (Å²) in [5.41, 5.74) is 7.11. The van der Waals surface area contributed by atoms with Crippen LogP contribution in [0.15, 0.2) is 51.2 Å². The lowest BCUT2D eigenvalue weighted by molar-refractivity contribution is 0.318. The molecule has 2 aromatic carbocycles. The fraction of sp³-hybridized carbons (Fsp3) is 0.357. The summed E-state index contributed by atoms with van der Waals surface area (Å²) in [5.74, 6) is 3.56. The second-order valence-electron chi connectivity index (χ2n) is 8.79. The van der Waals surface area contributed by atoms with Gasteiger partial charge in [0.15, 0.2) is 28.2 Å².